The van der Waals surface area contributed by atoms with Crippen molar-refractivity contribution in [1.82, 2.24) is 4.90 Å². The zero-order valence-electron chi connectivity index (χ0n) is 8.52. The van der Waals surface area contributed by atoms with E-state index in [1.54, 1.807) is 0 Å². The fourth-order valence-corrected chi connectivity index (χ4v) is 1.57. The lowest BCUT2D eigenvalue weighted by molar-refractivity contribution is -0.143. The van der Waals surface area contributed by atoms with Crippen LogP contribution in [-0.2, 0) is 9.53 Å². The predicted molar refractivity (Wildman–Crippen MR) is 53.5 cm³/mol. The number of ether oxygens (including phenoxy) is 1. The van der Waals surface area contributed by atoms with E-state index in [9.17, 15) is 9.59 Å². The van der Waals surface area contributed by atoms with E-state index in [1.807, 2.05) is 0 Å². The van der Waals surface area contributed by atoms with Crippen LogP contribution in [0, 0.1) is 5.92 Å². The first-order valence-corrected chi connectivity index (χ1v) is 4.90. The Labute approximate surface area is 88.3 Å². The highest BCUT2D eigenvalue weighted by molar-refractivity contribution is 5.73. The monoisotopic (exact) mass is 213 g/mol. The fourth-order valence-electron chi connectivity index (χ4n) is 1.57. The highest BCUT2D eigenvalue weighted by atomic mass is 16.6. The summed E-state index contributed by atoms with van der Waals surface area (Å²) in [5.41, 5.74) is 0. The van der Waals surface area contributed by atoms with Gasteiger partial charge >= 0.3 is 12.1 Å². The van der Waals surface area contributed by atoms with Crippen molar-refractivity contribution in [2.75, 3.05) is 19.7 Å². The van der Waals surface area contributed by atoms with Gasteiger partial charge in [0.2, 0.25) is 0 Å². The van der Waals surface area contributed by atoms with Gasteiger partial charge in [0.1, 0.15) is 6.61 Å². The minimum Gasteiger partial charge on any atom is -0.481 e. The predicted octanol–water partition coefficient (Wildman–Crippen LogP) is 1.11. The zero-order valence-corrected chi connectivity index (χ0v) is 8.52. The van der Waals surface area contributed by atoms with Crippen molar-refractivity contribution in [3.05, 3.63) is 12.7 Å². The normalized spacial score (nSPS) is 20.8. The molecule has 0 aromatic carbocycles. The maximum absolute atomic E-state index is 11.4. The minimum absolute atomic E-state index is 0.160. The number of carboxylic acid groups (broad SMARTS) is 1. The summed E-state index contributed by atoms with van der Waals surface area (Å²) < 4.78 is 4.83. The third kappa shape index (κ3) is 3.27. The quantitative estimate of drug-likeness (QED) is 0.713. The standard InChI is InChI=1S/C10H15NO4/c1-2-6-15-10(14)11-5-3-4-8(7-11)9(12)13/h2,8H,1,3-7H2,(H,12,13). The first-order chi connectivity index (χ1) is 7.15. The molecule has 0 radical (unpaired) electrons. The number of carboxylic acids is 1. The third-order valence-electron chi connectivity index (χ3n) is 2.35. The second-order valence-corrected chi connectivity index (χ2v) is 3.49. The molecule has 1 atom stereocenters. The number of aliphatic carboxylic acids is 1. The van der Waals surface area contributed by atoms with Crippen LogP contribution in [0.1, 0.15) is 12.8 Å². The average Bonchev–Trinajstić information content (AvgIpc) is 2.26. The highest BCUT2D eigenvalue weighted by Crippen LogP contribution is 2.17. The van der Waals surface area contributed by atoms with E-state index >= 15 is 0 Å². The molecule has 0 spiro atoms. The van der Waals surface area contributed by atoms with Gasteiger partial charge in [-0.1, -0.05) is 12.7 Å². The van der Waals surface area contributed by atoms with Crippen molar-refractivity contribution in [2.45, 2.75) is 12.8 Å². The molecule has 1 aliphatic rings. The Hall–Kier alpha value is -1.52. The van der Waals surface area contributed by atoms with Gasteiger partial charge in [-0.05, 0) is 12.8 Å². The maximum Gasteiger partial charge on any atom is 0.410 e. The number of amides is 1. The summed E-state index contributed by atoms with van der Waals surface area (Å²) in [6.45, 7) is 4.40. The SMILES string of the molecule is C=CCOC(=O)N1CCCC(C(=O)O)C1. The topological polar surface area (TPSA) is 66.8 Å². The molecule has 15 heavy (non-hydrogen) atoms. The van der Waals surface area contributed by atoms with Gasteiger partial charge in [0, 0.05) is 13.1 Å². The number of piperidine rings is 1. The van der Waals surface area contributed by atoms with Crippen LogP contribution in [0.5, 0.6) is 0 Å². The van der Waals surface area contributed by atoms with Gasteiger partial charge in [0.25, 0.3) is 0 Å². The summed E-state index contributed by atoms with van der Waals surface area (Å²) in [5.74, 6) is -1.31. The lowest BCUT2D eigenvalue weighted by Gasteiger charge is -2.29. The first kappa shape index (κ1) is 11.6. The minimum atomic E-state index is -0.851. The molecular formula is C10H15NO4. The summed E-state index contributed by atoms with van der Waals surface area (Å²) >= 11 is 0. The highest BCUT2D eigenvalue weighted by Gasteiger charge is 2.28. The number of nitrogens with zero attached hydrogens (tertiary/aromatic N) is 1. The van der Waals surface area contributed by atoms with E-state index in [-0.39, 0.29) is 13.2 Å². The molecule has 1 unspecified atom stereocenters. The van der Waals surface area contributed by atoms with Crippen LogP contribution in [0.2, 0.25) is 0 Å². The van der Waals surface area contributed by atoms with E-state index < -0.39 is 18.0 Å². The molecular weight excluding hydrogens is 198 g/mol. The third-order valence-corrected chi connectivity index (χ3v) is 2.35. The van der Waals surface area contributed by atoms with Crippen molar-refractivity contribution in [2.24, 2.45) is 5.92 Å². The molecule has 1 aliphatic heterocycles. The lowest BCUT2D eigenvalue weighted by Crippen LogP contribution is -2.42. The maximum atomic E-state index is 11.4. The van der Waals surface area contributed by atoms with Gasteiger partial charge in [0.05, 0.1) is 5.92 Å². The van der Waals surface area contributed by atoms with Crippen LogP contribution < -0.4 is 0 Å². The van der Waals surface area contributed by atoms with Crippen LogP contribution in [0.3, 0.4) is 0 Å². The van der Waals surface area contributed by atoms with Crippen molar-refractivity contribution < 1.29 is 19.4 Å². The Morgan fingerprint density at radius 2 is 2.33 bits per heavy atom. The summed E-state index contributed by atoms with van der Waals surface area (Å²) in [4.78, 5) is 23.6. The van der Waals surface area contributed by atoms with E-state index in [2.05, 4.69) is 6.58 Å². The van der Waals surface area contributed by atoms with Gasteiger partial charge in [-0.25, -0.2) is 4.79 Å². The Morgan fingerprint density at radius 1 is 1.60 bits per heavy atom. The lowest BCUT2D eigenvalue weighted by atomic mass is 9.99. The molecule has 0 aromatic heterocycles. The van der Waals surface area contributed by atoms with Crippen LogP contribution in [0.15, 0.2) is 12.7 Å². The number of rotatable bonds is 3. The summed E-state index contributed by atoms with van der Waals surface area (Å²) in [5, 5.41) is 8.82. The van der Waals surface area contributed by atoms with Crippen molar-refractivity contribution in [1.29, 1.82) is 0 Å². The Morgan fingerprint density at radius 3 is 2.93 bits per heavy atom. The number of carbonyl (C=O) groups excluding carboxylic acids is 1. The molecule has 5 nitrogen and oxygen atoms in total. The molecule has 5 heteroatoms. The second kappa shape index (κ2) is 5.38. The van der Waals surface area contributed by atoms with Gasteiger partial charge in [-0.3, -0.25) is 4.79 Å². The Balaban J connectivity index is 2.44. The van der Waals surface area contributed by atoms with Crippen molar-refractivity contribution in [3.8, 4) is 0 Å². The summed E-state index contributed by atoms with van der Waals surface area (Å²) in [6.07, 6.45) is 2.36. The zero-order chi connectivity index (χ0) is 11.3. The van der Waals surface area contributed by atoms with Gasteiger partial charge in [0.15, 0.2) is 0 Å². The number of likely N-dealkylation sites (tertiary alicyclic amines) is 1. The van der Waals surface area contributed by atoms with Gasteiger partial charge in [-0.2, -0.15) is 0 Å². The fraction of sp³-hybridized carbons (Fsp3) is 0.600. The van der Waals surface area contributed by atoms with E-state index in [0.717, 1.165) is 0 Å². The summed E-state index contributed by atoms with van der Waals surface area (Å²) in [7, 11) is 0. The van der Waals surface area contributed by atoms with E-state index in [4.69, 9.17) is 9.84 Å². The molecule has 84 valence electrons. The van der Waals surface area contributed by atoms with E-state index in [1.165, 1.54) is 11.0 Å². The molecule has 1 rings (SSSR count). The van der Waals surface area contributed by atoms with Gasteiger partial charge in [-0.15, -0.1) is 0 Å². The van der Waals surface area contributed by atoms with Crippen LogP contribution in [0.4, 0.5) is 4.79 Å². The smallest absolute Gasteiger partial charge is 0.410 e. The number of carbonyl (C=O) groups is 2. The van der Waals surface area contributed by atoms with Crippen LogP contribution >= 0.6 is 0 Å². The molecule has 1 fully saturated rings. The average molecular weight is 213 g/mol. The molecule has 0 aromatic rings. The molecule has 1 N–H and O–H groups in total. The van der Waals surface area contributed by atoms with E-state index in [0.29, 0.717) is 19.4 Å². The molecule has 0 saturated carbocycles. The van der Waals surface area contributed by atoms with Crippen molar-refractivity contribution in [3.63, 3.8) is 0 Å². The Bertz CT molecular complexity index is 264. The number of hydrogen-bond donors (Lipinski definition) is 1. The molecule has 1 heterocycles. The molecule has 1 amide bonds. The van der Waals surface area contributed by atoms with Crippen molar-refractivity contribution >= 4 is 12.1 Å². The van der Waals surface area contributed by atoms with Gasteiger partial charge < -0.3 is 14.7 Å². The first-order valence-electron chi connectivity index (χ1n) is 4.90. The largest absolute Gasteiger partial charge is 0.481 e. The molecule has 0 aliphatic carbocycles. The second-order valence-electron chi connectivity index (χ2n) is 3.49. The van der Waals surface area contributed by atoms with Crippen LogP contribution in [-0.4, -0.2) is 41.8 Å². The molecule has 1 saturated heterocycles. The van der Waals surface area contributed by atoms with Crippen LogP contribution in [0.25, 0.3) is 0 Å². The Kier molecular flexibility index (Phi) is 4.15. The summed E-state index contributed by atoms with van der Waals surface area (Å²) in [6, 6.07) is 0. The molecule has 0 bridgehead atoms. The number of hydrogen-bond acceptors (Lipinski definition) is 3.